The highest BCUT2D eigenvalue weighted by atomic mass is 127. The van der Waals surface area contributed by atoms with E-state index in [2.05, 4.69) is 14.0 Å². The van der Waals surface area contributed by atoms with Gasteiger partial charge in [-0.2, -0.15) is 0 Å². The fourth-order valence-corrected chi connectivity index (χ4v) is 3.31. The Labute approximate surface area is 138 Å². The number of hydrogen-bond acceptors (Lipinski definition) is 0. The van der Waals surface area contributed by atoms with Crippen molar-refractivity contribution < 1.29 is 28.9 Å². The highest BCUT2D eigenvalue weighted by Crippen LogP contribution is 2.16. The van der Waals surface area contributed by atoms with Gasteiger partial charge < -0.3 is 28.9 Å². The first kappa shape index (κ1) is 19.7. The molecule has 0 saturated carbocycles. The predicted molar refractivity (Wildman–Crippen MR) is 81.2 cm³/mol. The third-order valence-corrected chi connectivity index (χ3v) is 4.58. The van der Waals surface area contributed by atoms with Crippen LogP contribution in [0.4, 0.5) is 0 Å². The number of halogens is 1. The summed E-state index contributed by atoms with van der Waals surface area (Å²) in [7, 11) is 2.35. The molecule has 1 nitrogen and oxygen atoms in total. The van der Waals surface area contributed by atoms with Gasteiger partial charge in [0.05, 0.1) is 20.1 Å². The molecule has 1 fully saturated rings. The van der Waals surface area contributed by atoms with Gasteiger partial charge >= 0.3 is 0 Å². The van der Waals surface area contributed by atoms with Gasteiger partial charge in [0.15, 0.2) is 0 Å². The van der Waals surface area contributed by atoms with Crippen LogP contribution in [0, 0.1) is 5.92 Å². The first-order chi connectivity index (χ1) is 8.83. The Kier molecular flexibility index (Phi) is 14.2. The normalized spacial score (nSPS) is 22.4. The van der Waals surface area contributed by atoms with Crippen LogP contribution in [0.3, 0.4) is 0 Å². The summed E-state index contributed by atoms with van der Waals surface area (Å²) in [5.74, 6) is 1.05. The van der Waals surface area contributed by atoms with Gasteiger partial charge in [0.1, 0.15) is 0 Å². The van der Waals surface area contributed by atoms with Crippen LogP contribution in [-0.2, 0) is 0 Å². The molecule has 1 N–H and O–H groups in total. The molecular weight excluding hydrogens is 345 g/mol. The van der Waals surface area contributed by atoms with Crippen molar-refractivity contribution in [3.05, 3.63) is 0 Å². The van der Waals surface area contributed by atoms with Gasteiger partial charge in [0.2, 0.25) is 0 Å². The van der Waals surface area contributed by atoms with E-state index in [1.54, 1.807) is 4.90 Å². The third kappa shape index (κ3) is 11.1. The molecule has 0 aromatic heterocycles. The molecule has 19 heavy (non-hydrogen) atoms. The van der Waals surface area contributed by atoms with Crippen molar-refractivity contribution in [1.82, 2.24) is 0 Å². The largest absolute Gasteiger partial charge is 1.00 e. The molecule has 0 amide bonds. The molecule has 0 bridgehead atoms. The summed E-state index contributed by atoms with van der Waals surface area (Å²) in [6.45, 7) is 5.16. The number of nitrogens with one attached hydrogen (secondary N) is 1. The Morgan fingerprint density at radius 2 is 1.37 bits per heavy atom. The molecule has 0 radical (unpaired) electrons. The van der Waals surface area contributed by atoms with Crippen molar-refractivity contribution >= 4 is 0 Å². The fraction of sp³-hybridized carbons (Fsp3) is 1.00. The van der Waals surface area contributed by atoms with Gasteiger partial charge in [-0.25, -0.2) is 0 Å². The van der Waals surface area contributed by atoms with Crippen LogP contribution in [0.15, 0.2) is 0 Å². The summed E-state index contributed by atoms with van der Waals surface area (Å²) < 4.78 is 0. The van der Waals surface area contributed by atoms with E-state index in [0.717, 1.165) is 5.92 Å². The molecule has 2 unspecified atom stereocenters. The van der Waals surface area contributed by atoms with Gasteiger partial charge in [0.25, 0.3) is 0 Å². The Balaban J connectivity index is 0.00000324. The maximum absolute atomic E-state index is 2.35. The Bertz CT molecular complexity index is 184. The van der Waals surface area contributed by atoms with Crippen LogP contribution < -0.4 is 28.9 Å². The summed E-state index contributed by atoms with van der Waals surface area (Å²) in [6, 6.07) is 0. The first-order valence-corrected chi connectivity index (χ1v) is 8.64. The van der Waals surface area contributed by atoms with Gasteiger partial charge in [-0.1, -0.05) is 71.1 Å². The number of likely N-dealkylation sites (tertiary alicyclic amines) is 1. The van der Waals surface area contributed by atoms with Crippen molar-refractivity contribution in [3.63, 3.8) is 0 Å². The third-order valence-electron chi connectivity index (χ3n) is 4.58. The number of rotatable bonds is 11. The summed E-state index contributed by atoms with van der Waals surface area (Å²) >= 11 is 0. The van der Waals surface area contributed by atoms with Crippen LogP contribution in [0.1, 0.15) is 84.0 Å². The molecule has 0 spiro atoms. The molecule has 116 valence electrons. The average Bonchev–Trinajstić information content (AvgIpc) is 2.77. The zero-order valence-electron chi connectivity index (χ0n) is 13.4. The van der Waals surface area contributed by atoms with E-state index in [1.807, 2.05) is 0 Å². The molecule has 0 aromatic carbocycles. The second-order valence-corrected chi connectivity index (χ2v) is 6.54. The van der Waals surface area contributed by atoms with Crippen molar-refractivity contribution in [1.29, 1.82) is 0 Å². The second kappa shape index (κ2) is 13.7. The van der Waals surface area contributed by atoms with Crippen LogP contribution in [0.5, 0.6) is 0 Å². The van der Waals surface area contributed by atoms with Crippen molar-refractivity contribution in [2.24, 2.45) is 5.92 Å². The van der Waals surface area contributed by atoms with Gasteiger partial charge in [-0.3, -0.25) is 0 Å². The Hall–Kier alpha value is 0.690. The molecule has 1 saturated heterocycles. The van der Waals surface area contributed by atoms with E-state index in [0.29, 0.717) is 0 Å². The van der Waals surface area contributed by atoms with Gasteiger partial charge in [-0.05, 0) is 6.42 Å². The monoisotopic (exact) mass is 381 g/mol. The molecule has 0 aromatic rings. The van der Waals surface area contributed by atoms with Crippen LogP contribution >= 0.6 is 0 Å². The van der Waals surface area contributed by atoms with Crippen LogP contribution in [0.2, 0.25) is 0 Å². The summed E-state index contributed by atoms with van der Waals surface area (Å²) in [4.78, 5) is 1.76. The average molecular weight is 381 g/mol. The minimum Gasteiger partial charge on any atom is -1.00 e. The molecular formula is C17H36IN. The number of quaternary nitrogens is 1. The maximum atomic E-state index is 2.35. The van der Waals surface area contributed by atoms with Crippen molar-refractivity contribution in [2.75, 3.05) is 20.1 Å². The lowest BCUT2D eigenvalue weighted by atomic mass is 9.99. The van der Waals surface area contributed by atoms with E-state index in [-0.39, 0.29) is 24.0 Å². The molecule has 2 atom stereocenters. The lowest BCUT2D eigenvalue weighted by Crippen LogP contribution is -3.07. The molecule has 1 aliphatic rings. The van der Waals surface area contributed by atoms with E-state index >= 15 is 0 Å². The van der Waals surface area contributed by atoms with E-state index < -0.39 is 0 Å². The molecule has 1 aliphatic heterocycles. The summed E-state index contributed by atoms with van der Waals surface area (Å²) in [5.41, 5.74) is 0. The maximum Gasteiger partial charge on any atom is 0.0799 e. The number of hydrogen-bond donors (Lipinski definition) is 1. The van der Waals surface area contributed by atoms with Crippen LogP contribution in [-0.4, -0.2) is 20.1 Å². The van der Waals surface area contributed by atoms with Crippen molar-refractivity contribution in [2.45, 2.75) is 84.0 Å². The lowest BCUT2D eigenvalue weighted by Gasteiger charge is -2.07. The quantitative estimate of drug-likeness (QED) is 0.400. The SMILES string of the molecule is CCCCCCCCCCCCC1CC[NH+](C)C1.[I-]. The zero-order valence-corrected chi connectivity index (χ0v) is 15.5. The fourth-order valence-electron chi connectivity index (χ4n) is 3.31. The van der Waals surface area contributed by atoms with Crippen molar-refractivity contribution in [3.8, 4) is 0 Å². The van der Waals surface area contributed by atoms with E-state index in [9.17, 15) is 0 Å². The van der Waals surface area contributed by atoms with Gasteiger partial charge in [-0.15, -0.1) is 0 Å². The first-order valence-electron chi connectivity index (χ1n) is 8.64. The molecule has 0 aliphatic carbocycles. The zero-order chi connectivity index (χ0) is 13.1. The highest BCUT2D eigenvalue weighted by molar-refractivity contribution is 4.62. The second-order valence-electron chi connectivity index (χ2n) is 6.54. The van der Waals surface area contributed by atoms with Gasteiger partial charge in [0, 0.05) is 12.3 Å². The minimum absolute atomic E-state index is 0. The molecule has 2 heteroatoms. The lowest BCUT2D eigenvalue weighted by molar-refractivity contribution is -0.867. The molecule has 1 heterocycles. The summed E-state index contributed by atoms with van der Waals surface area (Å²) in [6.07, 6.45) is 17.7. The van der Waals surface area contributed by atoms with E-state index in [4.69, 9.17) is 0 Å². The molecule has 1 rings (SSSR count). The van der Waals surface area contributed by atoms with Crippen LogP contribution in [0.25, 0.3) is 0 Å². The Morgan fingerprint density at radius 1 is 0.842 bits per heavy atom. The smallest absolute Gasteiger partial charge is 0.0799 e. The summed E-state index contributed by atoms with van der Waals surface area (Å²) in [5, 5.41) is 0. The Morgan fingerprint density at radius 3 is 1.84 bits per heavy atom. The van der Waals surface area contributed by atoms with E-state index in [1.165, 1.54) is 90.1 Å². The standard InChI is InChI=1S/C17H35N.HI/c1-3-4-5-6-7-8-9-10-11-12-13-17-14-15-18(2)16-17;/h17H,3-16H2,1-2H3;1H. The number of unbranched alkanes of at least 4 members (excludes halogenated alkanes) is 9. The highest BCUT2D eigenvalue weighted by Gasteiger charge is 2.21. The topological polar surface area (TPSA) is 4.44 Å². The predicted octanol–water partition coefficient (Wildman–Crippen LogP) is 0.836. The minimum atomic E-state index is 0.